The lowest BCUT2D eigenvalue weighted by Gasteiger charge is -2.30. The molecule has 2 aromatic rings. The molecule has 1 aliphatic heterocycles. The Morgan fingerprint density at radius 1 is 1.22 bits per heavy atom. The topological polar surface area (TPSA) is 105 Å². The van der Waals surface area contributed by atoms with E-state index in [1.54, 1.807) is 36.4 Å². The highest BCUT2D eigenvalue weighted by molar-refractivity contribution is 6.35. The van der Waals surface area contributed by atoms with E-state index in [1.165, 1.54) is 11.8 Å². The lowest BCUT2D eigenvalue weighted by molar-refractivity contribution is -0.118. The standard InChI is InChI=1S/C23H26Cl2N4O3/c1-13(30)29-19-7-4-14(22(32)27-12-23(2,3)11-26)8-18(19)28-21(31)10-20(29)16-6-5-15(24)9-17(16)25/h4-9,20H,10-12,26H2,1-3H3,(H,27,32)(H,28,31). The highest BCUT2D eigenvalue weighted by Gasteiger charge is 2.33. The van der Waals surface area contributed by atoms with Gasteiger partial charge < -0.3 is 21.3 Å². The fraction of sp³-hybridized carbons (Fsp3) is 0.348. The maximum absolute atomic E-state index is 12.7. The van der Waals surface area contributed by atoms with Crippen molar-refractivity contribution in [1.29, 1.82) is 0 Å². The number of carbonyl (C=O) groups is 3. The number of hydrogen-bond donors (Lipinski definition) is 3. The molecule has 0 aromatic heterocycles. The van der Waals surface area contributed by atoms with Gasteiger partial charge in [-0.3, -0.25) is 14.4 Å². The van der Waals surface area contributed by atoms with E-state index in [4.69, 9.17) is 28.9 Å². The van der Waals surface area contributed by atoms with Crippen molar-refractivity contribution < 1.29 is 14.4 Å². The molecule has 4 N–H and O–H groups in total. The summed E-state index contributed by atoms with van der Waals surface area (Å²) >= 11 is 12.4. The molecule has 0 spiro atoms. The summed E-state index contributed by atoms with van der Waals surface area (Å²) in [4.78, 5) is 39.6. The molecule has 0 saturated heterocycles. The predicted molar refractivity (Wildman–Crippen MR) is 127 cm³/mol. The first-order valence-electron chi connectivity index (χ1n) is 10.2. The Kier molecular flexibility index (Phi) is 7.12. The number of halogens is 2. The average molecular weight is 477 g/mol. The summed E-state index contributed by atoms with van der Waals surface area (Å²) in [7, 11) is 0. The number of nitrogens with zero attached hydrogens (tertiary/aromatic N) is 1. The van der Waals surface area contributed by atoms with E-state index in [0.717, 1.165) is 0 Å². The maximum Gasteiger partial charge on any atom is 0.251 e. The zero-order valence-electron chi connectivity index (χ0n) is 18.2. The maximum atomic E-state index is 12.7. The third-order valence-corrected chi connectivity index (χ3v) is 5.99. The van der Waals surface area contributed by atoms with Gasteiger partial charge in [-0.15, -0.1) is 0 Å². The molecule has 7 nitrogen and oxygen atoms in total. The zero-order valence-corrected chi connectivity index (χ0v) is 19.7. The highest BCUT2D eigenvalue weighted by Crippen LogP contribution is 2.41. The van der Waals surface area contributed by atoms with Gasteiger partial charge in [0.2, 0.25) is 11.8 Å². The largest absolute Gasteiger partial charge is 0.351 e. The van der Waals surface area contributed by atoms with Crippen LogP contribution in [0.4, 0.5) is 11.4 Å². The Morgan fingerprint density at radius 3 is 2.56 bits per heavy atom. The van der Waals surface area contributed by atoms with Crippen molar-refractivity contribution in [3.8, 4) is 0 Å². The van der Waals surface area contributed by atoms with Crippen molar-refractivity contribution in [2.75, 3.05) is 23.3 Å². The summed E-state index contributed by atoms with van der Waals surface area (Å²) in [5, 5.41) is 6.50. The van der Waals surface area contributed by atoms with Gasteiger partial charge in [-0.25, -0.2) is 0 Å². The molecule has 0 bridgehead atoms. The predicted octanol–water partition coefficient (Wildman–Crippen LogP) is 4.14. The van der Waals surface area contributed by atoms with Crippen LogP contribution in [-0.4, -0.2) is 30.8 Å². The van der Waals surface area contributed by atoms with Crippen LogP contribution in [0.15, 0.2) is 36.4 Å². The quantitative estimate of drug-likeness (QED) is 0.602. The van der Waals surface area contributed by atoms with E-state index >= 15 is 0 Å². The van der Waals surface area contributed by atoms with Gasteiger partial charge in [0.1, 0.15) is 0 Å². The van der Waals surface area contributed by atoms with E-state index in [0.29, 0.717) is 45.6 Å². The van der Waals surface area contributed by atoms with Gasteiger partial charge in [-0.2, -0.15) is 0 Å². The van der Waals surface area contributed by atoms with Crippen LogP contribution in [0.2, 0.25) is 10.0 Å². The van der Waals surface area contributed by atoms with E-state index in [9.17, 15) is 14.4 Å². The SMILES string of the molecule is CC(=O)N1c2ccc(C(=O)NCC(C)(C)CN)cc2NC(=O)CC1c1ccc(Cl)cc1Cl. The first kappa shape index (κ1) is 24.0. The molecule has 3 rings (SSSR count). The second kappa shape index (κ2) is 9.48. The highest BCUT2D eigenvalue weighted by atomic mass is 35.5. The molecular formula is C23H26Cl2N4O3. The molecule has 1 aliphatic rings. The van der Waals surface area contributed by atoms with Gasteiger partial charge in [-0.05, 0) is 47.9 Å². The van der Waals surface area contributed by atoms with E-state index in [1.807, 2.05) is 13.8 Å². The number of nitrogens with one attached hydrogen (secondary N) is 2. The third-order valence-electron chi connectivity index (χ3n) is 5.42. The number of fused-ring (bicyclic) bond motifs is 1. The van der Waals surface area contributed by atoms with Crippen molar-refractivity contribution in [3.63, 3.8) is 0 Å². The Bertz CT molecular complexity index is 1070. The van der Waals surface area contributed by atoms with Gasteiger partial charge in [0, 0.05) is 29.1 Å². The molecule has 0 saturated carbocycles. The molecular weight excluding hydrogens is 451 g/mol. The van der Waals surface area contributed by atoms with Gasteiger partial charge in [0.15, 0.2) is 0 Å². The minimum atomic E-state index is -0.622. The Labute approximate surface area is 197 Å². The van der Waals surface area contributed by atoms with Crippen molar-refractivity contribution in [2.24, 2.45) is 11.1 Å². The van der Waals surface area contributed by atoms with Crippen LogP contribution < -0.4 is 21.3 Å². The molecule has 0 aliphatic carbocycles. The second-order valence-electron chi connectivity index (χ2n) is 8.61. The fourth-order valence-corrected chi connectivity index (χ4v) is 4.06. The molecule has 32 heavy (non-hydrogen) atoms. The summed E-state index contributed by atoms with van der Waals surface area (Å²) in [6, 6.07) is 9.19. The lowest BCUT2D eigenvalue weighted by Crippen LogP contribution is -2.38. The monoisotopic (exact) mass is 476 g/mol. The van der Waals surface area contributed by atoms with Gasteiger partial charge in [0.05, 0.1) is 23.8 Å². The van der Waals surface area contributed by atoms with Crippen LogP contribution in [-0.2, 0) is 9.59 Å². The normalized spacial score (nSPS) is 16.1. The number of amides is 3. The van der Waals surface area contributed by atoms with Gasteiger partial charge in [0.25, 0.3) is 5.91 Å². The summed E-state index contributed by atoms with van der Waals surface area (Å²) in [6.07, 6.45) is 0.00182. The number of anilines is 2. The zero-order chi connectivity index (χ0) is 23.6. The van der Waals surface area contributed by atoms with Crippen LogP contribution in [0.1, 0.15) is 49.2 Å². The van der Waals surface area contributed by atoms with E-state index < -0.39 is 6.04 Å². The number of nitrogens with two attached hydrogens (primary N) is 1. The summed E-state index contributed by atoms with van der Waals surface area (Å²) in [5.74, 6) is -0.854. The second-order valence-corrected chi connectivity index (χ2v) is 9.45. The molecule has 1 atom stereocenters. The minimum absolute atomic E-state index is 0.00182. The van der Waals surface area contributed by atoms with Crippen molar-refractivity contribution >= 4 is 52.3 Å². The summed E-state index contributed by atoms with van der Waals surface area (Å²) < 4.78 is 0. The van der Waals surface area contributed by atoms with E-state index in [-0.39, 0.29) is 29.6 Å². The molecule has 2 aromatic carbocycles. The van der Waals surface area contributed by atoms with Crippen LogP contribution in [0.5, 0.6) is 0 Å². The Hall–Kier alpha value is -2.61. The average Bonchev–Trinajstić information content (AvgIpc) is 2.87. The third kappa shape index (κ3) is 5.23. The van der Waals surface area contributed by atoms with Crippen LogP contribution >= 0.6 is 23.2 Å². The van der Waals surface area contributed by atoms with Gasteiger partial charge >= 0.3 is 0 Å². The smallest absolute Gasteiger partial charge is 0.251 e. The molecule has 170 valence electrons. The first-order chi connectivity index (χ1) is 15.0. The van der Waals surface area contributed by atoms with Crippen LogP contribution in [0.25, 0.3) is 0 Å². The molecule has 3 amide bonds. The van der Waals surface area contributed by atoms with Crippen molar-refractivity contribution in [3.05, 3.63) is 57.6 Å². The molecule has 0 radical (unpaired) electrons. The minimum Gasteiger partial charge on any atom is -0.351 e. The number of hydrogen-bond acceptors (Lipinski definition) is 4. The lowest BCUT2D eigenvalue weighted by atomic mass is 9.94. The van der Waals surface area contributed by atoms with Crippen molar-refractivity contribution in [1.82, 2.24) is 5.32 Å². The number of benzene rings is 2. The Balaban J connectivity index is 1.99. The summed E-state index contributed by atoms with van der Waals surface area (Å²) in [6.45, 7) is 6.17. The van der Waals surface area contributed by atoms with Crippen LogP contribution in [0, 0.1) is 5.41 Å². The molecule has 9 heteroatoms. The fourth-order valence-electron chi connectivity index (χ4n) is 3.53. The van der Waals surface area contributed by atoms with Crippen LogP contribution in [0.3, 0.4) is 0 Å². The number of carbonyl (C=O) groups excluding carboxylic acids is 3. The van der Waals surface area contributed by atoms with Crippen molar-refractivity contribution in [2.45, 2.75) is 33.2 Å². The number of rotatable bonds is 5. The Morgan fingerprint density at radius 2 is 1.94 bits per heavy atom. The van der Waals surface area contributed by atoms with Gasteiger partial charge in [-0.1, -0.05) is 43.1 Å². The summed E-state index contributed by atoms with van der Waals surface area (Å²) in [5.41, 5.74) is 7.32. The molecule has 1 heterocycles. The van der Waals surface area contributed by atoms with E-state index in [2.05, 4.69) is 10.6 Å². The molecule has 1 unspecified atom stereocenters. The molecule has 0 fully saturated rings. The first-order valence-corrected chi connectivity index (χ1v) is 10.9.